The molecule has 0 aliphatic rings. The van der Waals surface area contributed by atoms with Gasteiger partial charge in [0.05, 0.1) is 17.2 Å². The molecule has 4 nitrogen and oxygen atoms in total. The Kier molecular flexibility index (Phi) is 7.98. The number of nitrogens with one attached hydrogen (secondary N) is 1. The summed E-state index contributed by atoms with van der Waals surface area (Å²) in [6.45, 7) is 7.80. The molecule has 0 aliphatic carbocycles. The summed E-state index contributed by atoms with van der Waals surface area (Å²) in [5.74, 6) is 0.894. The minimum Gasteiger partial charge on any atom is -0.351 e. The first-order valence-corrected chi connectivity index (χ1v) is 8.21. The predicted octanol–water partition coefficient (Wildman–Crippen LogP) is 3.89. The number of nitrogens with zero attached hydrogens (tertiary/aromatic N) is 3. The van der Waals surface area contributed by atoms with Gasteiger partial charge in [-0.2, -0.15) is 0 Å². The van der Waals surface area contributed by atoms with E-state index in [-0.39, 0.29) is 24.0 Å². The lowest BCUT2D eigenvalue weighted by molar-refractivity contribution is 0.477. The Morgan fingerprint density at radius 2 is 1.87 bits per heavy atom. The molecule has 0 spiro atoms. The lowest BCUT2D eigenvalue weighted by atomic mass is 10.1. The van der Waals surface area contributed by atoms with Crippen molar-refractivity contribution in [2.24, 2.45) is 4.99 Å². The molecule has 2 aromatic rings. The van der Waals surface area contributed by atoms with Gasteiger partial charge in [0, 0.05) is 25.5 Å². The van der Waals surface area contributed by atoms with E-state index >= 15 is 0 Å². The van der Waals surface area contributed by atoms with E-state index in [1.165, 1.54) is 16.0 Å². The molecule has 126 valence electrons. The SMILES string of the molecule is CN=C(NCc1sc(C)nc1C)N(C)Cc1ccc(C)cc1.I. The summed E-state index contributed by atoms with van der Waals surface area (Å²) >= 11 is 1.74. The second-order valence-corrected chi connectivity index (χ2v) is 6.77. The molecule has 0 saturated carbocycles. The zero-order chi connectivity index (χ0) is 16.1. The summed E-state index contributed by atoms with van der Waals surface area (Å²) in [5.41, 5.74) is 3.66. The topological polar surface area (TPSA) is 40.5 Å². The minimum absolute atomic E-state index is 0. The van der Waals surface area contributed by atoms with Gasteiger partial charge in [0.2, 0.25) is 0 Å². The fourth-order valence-corrected chi connectivity index (χ4v) is 3.20. The van der Waals surface area contributed by atoms with Crippen molar-refractivity contribution < 1.29 is 0 Å². The van der Waals surface area contributed by atoms with Crippen molar-refractivity contribution in [3.8, 4) is 0 Å². The highest BCUT2D eigenvalue weighted by Crippen LogP contribution is 2.16. The Bertz CT molecular complexity index is 649. The molecule has 0 unspecified atom stereocenters. The Hall–Kier alpha value is -1.15. The lowest BCUT2D eigenvalue weighted by Gasteiger charge is -2.22. The Morgan fingerprint density at radius 3 is 2.39 bits per heavy atom. The molecule has 0 aliphatic heterocycles. The van der Waals surface area contributed by atoms with Crippen molar-refractivity contribution in [1.29, 1.82) is 0 Å². The van der Waals surface area contributed by atoms with Crippen LogP contribution >= 0.6 is 35.3 Å². The Balaban J connectivity index is 0.00000264. The van der Waals surface area contributed by atoms with E-state index in [2.05, 4.69) is 65.4 Å². The van der Waals surface area contributed by atoms with Crippen LogP contribution in [0.5, 0.6) is 0 Å². The summed E-state index contributed by atoms with van der Waals surface area (Å²) in [5, 5.41) is 4.53. The monoisotopic (exact) mass is 444 g/mol. The molecule has 1 aromatic carbocycles. The maximum atomic E-state index is 4.46. The number of rotatable bonds is 4. The highest BCUT2D eigenvalue weighted by Gasteiger charge is 2.09. The van der Waals surface area contributed by atoms with Crippen LogP contribution < -0.4 is 5.32 Å². The third-order valence-electron chi connectivity index (χ3n) is 3.52. The van der Waals surface area contributed by atoms with Crippen LogP contribution in [0, 0.1) is 20.8 Å². The third kappa shape index (κ3) is 5.76. The van der Waals surface area contributed by atoms with Gasteiger partial charge in [-0.3, -0.25) is 4.99 Å². The molecule has 6 heteroatoms. The molecular formula is C17H25IN4S. The minimum atomic E-state index is 0. The van der Waals surface area contributed by atoms with Crippen molar-refractivity contribution in [2.45, 2.75) is 33.9 Å². The quantitative estimate of drug-likeness (QED) is 0.442. The van der Waals surface area contributed by atoms with Gasteiger partial charge in [0.1, 0.15) is 0 Å². The van der Waals surface area contributed by atoms with Crippen LogP contribution in [0.1, 0.15) is 26.7 Å². The number of aliphatic imine (C=N–C) groups is 1. The number of thiazole rings is 1. The van der Waals surface area contributed by atoms with Crippen molar-refractivity contribution in [2.75, 3.05) is 14.1 Å². The maximum absolute atomic E-state index is 4.46. The van der Waals surface area contributed by atoms with E-state index in [1.54, 1.807) is 11.3 Å². The van der Waals surface area contributed by atoms with E-state index in [4.69, 9.17) is 0 Å². The first-order chi connectivity index (χ1) is 10.5. The second kappa shape index (κ2) is 9.22. The summed E-state index contributed by atoms with van der Waals surface area (Å²) in [7, 11) is 3.87. The second-order valence-electron chi connectivity index (χ2n) is 5.48. The van der Waals surface area contributed by atoms with Gasteiger partial charge in [-0.05, 0) is 26.3 Å². The van der Waals surface area contributed by atoms with Crippen LogP contribution in [0.15, 0.2) is 29.3 Å². The van der Waals surface area contributed by atoms with Gasteiger partial charge in [-0.15, -0.1) is 35.3 Å². The predicted molar refractivity (Wildman–Crippen MR) is 110 cm³/mol. The molecule has 1 heterocycles. The van der Waals surface area contributed by atoms with Crippen LogP contribution in [-0.2, 0) is 13.1 Å². The van der Waals surface area contributed by atoms with Crippen LogP contribution in [0.25, 0.3) is 0 Å². The molecule has 0 atom stereocenters. The Morgan fingerprint density at radius 1 is 1.22 bits per heavy atom. The number of hydrogen-bond donors (Lipinski definition) is 1. The van der Waals surface area contributed by atoms with E-state index in [9.17, 15) is 0 Å². The largest absolute Gasteiger partial charge is 0.351 e. The van der Waals surface area contributed by atoms with Gasteiger partial charge in [-0.25, -0.2) is 4.98 Å². The van der Waals surface area contributed by atoms with Crippen LogP contribution in [0.2, 0.25) is 0 Å². The van der Waals surface area contributed by atoms with Gasteiger partial charge in [0.25, 0.3) is 0 Å². The normalized spacial score (nSPS) is 11.1. The van der Waals surface area contributed by atoms with Crippen LogP contribution in [-0.4, -0.2) is 29.9 Å². The molecule has 0 bridgehead atoms. The zero-order valence-corrected chi connectivity index (χ0v) is 17.5. The summed E-state index contributed by atoms with van der Waals surface area (Å²) < 4.78 is 0. The molecule has 0 saturated heterocycles. The number of aryl methyl sites for hydroxylation is 3. The van der Waals surface area contributed by atoms with E-state index in [0.29, 0.717) is 0 Å². The van der Waals surface area contributed by atoms with Crippen molar-refractivity contribution in [3.63, 3.8) is 0 Å². The zero-order valence-electron chi connectivity index (χ0n) is 14.4. The average molecular weight is 444 g/mol. The molecule has 23 heavy (non-hydrogen) atoms. The van der Waals surface area contributed by atoms with Gasteiger partial charge in [0.15, 0.2) is 5.96 Å². The van der Waals surface area contributed by atoms with E-state index < -0.39 is 0 Å². The van der Waals surface area contributed by atoms with Crippen molar-refractivity contribution >= 4 is 41.3 Å². The lowest BCUT2D eigenvalue weighted by Crippen LogP contribution is -2.38. The van der Waals surface area contributed by atoms with Gasteiger partial charge >= 0.3 is 0 Å². The highest BCUT2D eigenvalue weighted by molar-refractivity contribution is 14.0. The van der Waals surface area contributed by atoms with Gasteiger partial charge < -0.3 is 10.2 Å². The number of benzene rings is 1. The standard InChI is InChI=1S/C17H24N4S.HI/c1-12-6-8-15(9-7-12)11-21(5)17(18-4)19-10-16-13(2)20-14(3)22-16;/h6-9H,10-11H2,1-5H3,(H,18,19);1H. The fraction of sp³-hybridized carbons (Fsp3) is 0.412. The number of hydrogen-bond acceptors (Lipinski definition) is 3. The molecule has 2 rings (SSSR count). The first-order valence-electron chi connectivity index (χ1n) is 7.40. The molecule has 0 amide bonds. The van der Waals surface area contributed by atoms with E-state index in [0.717, 1.165) is 29.8 Å². The number of guanidine groups is 1. The van der Waals surface area contributed by atoms with E-state index in [1.807, 2.05) is 14.0 Å². The third-order valence-corrected chi connectivity index (χ3v) is 4.59. The molecule has 1 N–H and O–H groups in total. The summed E-state index contributed by atoms with van der Waals surface area (Å²) in [6.07, 6.45) is 0. The first kappa shape index (κ1) is 19.9. The number of halogens is 1. The molecule has 0 radical (unpaired) electrons. The molecule has 0 fully saturated rings. The van der Waals surface area contributed by atoms with Crippen molar-refractivity contribution in [1.82, 2.24) is 15.2 Å². The van der Waals surface area contributed by atoms with Crippen LogP contribution in [0.3, 0.4) is 0 Å². The Labute approximate surface area is 160 Å². The average Bonchev–Trinajstić information content (AvgIpc) is 2.80. The summed E-state index contributed by atoms with van der Waals surface area (Å²) in [6, 6.07) is 8.61. The molecule has 1 aromatic heterocycles. The maximum Gasteiger partial charge on any atom is 0.193 e. The highest BCUT2D eigenvalue weighted by atomic mass is 127. The number of aromatic nitrogens is 1. The molecular weight excluding hydrogens is 419 g/mol. The van der Waals surface area contributed by atoms with Gasteiger partial charge in [-0.1, -0.05) is 29.8 Å². The smallest absolute Gasteiger partial charge is 0.193 e. The van der Waals surface area contributed by atoms with Crippen molar-refractivity contribution in [3.05, 3.63) is 51.0 Å². The van der Waals surface area contributed by atoms with Crippen LogP contribution in [0.4, 0.5) is 0 Å². The summed E-state index contributed by atoms with van der Waals surface area (Å²) in [4.78, 5) is 12.2. The fourth-order valence-electron chi connectivity index (χ4n) is 2.32.